The summed E-state index contributed by atoms with van der Waals surface area (Å²) in [6.07, 6.45) is 5.89. The summed E-state index contributed by atoms with van der Waals surface area (Å²) < 4.78 is 6.26. The maximum atomic E-state index is 4.49. The van der Waals surface area contributed by atoms with Gasteiger partial charge in [-0.1, -0.05) is 18.3 Å². The van der Waals surface area contributed by atoms with E-state index in [1.54, 1.807) is 0 Å². The summed E-state index contributed by atoms with van der Waals surface area (Å²) in [5, 5.41) is 7.51. The molecule has 1 unspecified atom stereocenters. The molecule has 0 spiro atoms. The molecule has 0 saturated heterocycles. The molecule has 0 saturated carbocycles. The fraction of sp³-hybridized carbons (Fsp3) is 0.583. The van der Waals surface area contributed by atoms with E-state index in [1.165, 1.54) is 16.4 Å². The van der Waals surface area contributed by atoms with Crippen LogP contribution in [0, 0.1) is 0 Å². The highest BCUT2D eigenvalue weighted by Gasteiger charge is 2.22. The van der Waals surface area contributed by atoms with E-state index in [-0.39, 0.29) is 6.04 Å². The first kappa shape index (κ1) is 13.2. The second kappa shape index (κ2) is 6.06. The highest BCUT2D eigenvalue weighted by Crippen LogP contribution is 2.26. The van der Waals surface area contributed by atoms with Gasteiger partial charge in [0.2, 0.25) is 0 Å². The van der Waals surface area contributed by atoms with E-state index in [4.69, 9.17) is 0 Å². The fourth-order valence-corrected chi connectivity index (χ4v) is 2.91. The summed E-state index contributed by atoms with van der Waals surface area (Å²) in [6.45, 7) is 5.26. The van der Waals surface area contributed by atoms with Gasteiger partial charge >= 0.3 is 0 Å². The molecule has 5 nitrogen and oxygen atoms in total. The van der Waals surface area contributed by atoms with Crippen LogP contribution in [0.1, 0.15) is 42.7 Å². The van der Waals surface area contributed by atoms with Gasteiger partial charge in [-0.05, 0) is 31.4 Å². The van der Waals surface area contributed by atoms with E-state index in [9.17, 15) is 0 Å². The van der Waals surface area contributed by atoms with Gasteiger partial charge in [0.05, 0.1) is 10.6 Å². The molecule has 1 N–H and O–H groups in total. The average molecular weight is 265 g/mol. The molecule has 0 bridgehead atoms. The van der Waals surface area contributed by atoms with Crippen molar-refractivity contribution >= 4 is 11.5 Å². The molecule has 0 aliphatic carbocycles. The number of hydrogen-bond acceptors (Lipinski definition) is 5. The van der Waals surface area contributed by atoms with Crippen LogP contribution in [0.5, 0.6) is 0 Å². The maximum Gasteiger partial charge on any atom is 0.131 e. The van der Waals surface area contributed by atoms with Crippen LogP contribution in [0.4, 0.5) is 0 Å². The lowest BCUT2D eigenvalue weighted by atomic mass is 10.1. The van der Waals surface area contributed by atoms with Gasteiger partial charge in [0.25, 0.3) is 0 Å². The third-order valence-electron chi connectivity index (χ3n) is 2.94. The molecule has 98 valence electrons. The van der Waals surface area contributed by atoms with E-state index in [1.807, 2.05) is 19.4 Å². The number of aryl methyl sites for hydroxylation is 2. The highest BCUT2D eigenvalue weighted by molar-refractivity contribution is 7.05. The fourth-order valence-electron chi connectivity index (χ4n) is 2.07. The Kier molecular flexibility index (Phi) is 4.43. The maximum absolute atomic E-state index is 4.49. The smallest absolute Gasteiger partial charge is 0.131 e. The monoisotopic (exact) mass is 265 g/mol. The normalized spacial score (nSPS) is 12.8. The van der Waals surface area contributed by atoms with Crippen molar-refractivity contribution in [2.45, 2.75) is 39.3 Å². The van der Waals surface area contributed by atoms with Gasteiger partial charge in [0.15, 0.2) is 0 Å². The van der Waals surface area contributed by atoms with Gasteiger partial charge in [-0.25, -0.2) is 4.98 Å². The van der Waals surface area contributed by atoms with Crippen LogP contribution in [-0.4, -0.2) is 26.2 Å². The Bertz CT molecular complexity index is 490. The van der Waals surface area contributed by atoms with Crippen molar-refractivity contribution in [1.82, 2.24) is 24.5 Å². The van der Waals surface area contributed by atoms with Gasteiger partial charge in [-0.2, -0.15) is 0 Å². The topological polar surface area (TPSA) is 55.6 Å². The number of nitrogens with one attached hydrogen (secondary N) is 1. The Morgan fingerprint density at radius 1 is 1.44 bits per heavy atom. The minimum atomic E-state index is 0.0847. The Morgan fingerprint density at radius 2 is 2.28 bits per heavy atom. The predicted molar refractivity (Wildman–Crippen MR) is 72.7 cm³/mol. The van der Waals surface area contributed by atoms with Crippen molar-refractivity contribution in [2.75, 3.05) is 7.05 Å². The minimum absolute atomic E-state index is 0.0847. The van der Waals surface area contributed by atoms with Crippen molar-refractivity contribution in [2.24, 2.45) is 0 Å². The third-order valence-corrected chi connectivity index (χ3v) is 3.77. The van der Waals surface area contributed by atoms with Crippen molar-refractivity contribution in [3.63, 3.8) is 0 Å². The molecular weight excluding hydrogens is 246 g/mol. The zero-order chi connectivity index (χ0) is 13.0. The molecule has 2 aromatic heterocycles. The first-order valence-electron chi connectivity index (χ1n) is 6.31. The summed E-state index contributed by atoms with van der Waals surface area (Å²) in [4.78, 5) is 5.66. The standard InChI is InChI=1S/C12H19N5S/c1-4-7-17-8-6-14-12(17)10(13-3)11-9(5-2)15-16-18-11/h6,8,10,13H,4-5,7H2,1-3H3. The molecule has 18 heavy (non-hydrogen) atoms. The van der Waals surface area contributed by atoms with Crippen LogP contribution in [0.2, 0.25) is 0 Å². The van der Waals surface area contributed by atoms with Crippen LogP contribution in [0.15, 0.2) is 12.4 Å². The molecule has 0 aliphatic rings. The molecule has 2 aromatic rings. The zero-order valence-electron chi connectivity index (χ0n) is 11.1. The number of aromatic nitrogens is 4. The van der Waals surface area contributed by atoms with Crippen LogP contribution < -0.4 is 5.32 Å². The number of hydrogen-bond donors (Lipinski definition) is 1. The average Bonchev–Trinajstić information content (AvgIpc) is 3.01. The summed E-state index contributed by atoms with van der Waals surface area (Å²) in [5.41, 5.74) is 1.06. The van der Waals surface area contributed by atoms with Crippen LogP contribution in [-0.2, 0) is 13.0 Å². The molecule has 6 heteroatoms. The molecule has 0 radical (unpaired) electrons. The third kappa shape index (κ3) is 2.44. The van der Waals surface area contributed by atoms with E-state index in [0.29, 0.717) is 0 Å². The lowest BCUT2D eigenvalue weighted by molar-refractivity contribution is 0.570. The number of nitrogens with zero attached hydrogens (tertiary/aromatic N) is 4. The lowest BCUT2D eigenvalue weighted by Crippen LogP contribution is -2.22. The molecule has 0 aromatic carbocycles. The number of rotatable bonds is 6. The Labute approximate surface area is 111 Å². The van der Waals surface area contributed by atoms with Crippen LogP contribution >= 0.6 is 11.5 Å². The molecule has 0 amide bonds. The molecule has 2 heterocycles. The van der Waals surface area contributed by atoms with Crippen molar-refractivity contribution in [1.29, 1.82) is 0 Å². The number of imidazole rings is 1. The predicted octanol–water partition coefficient (Wildman–Crippen LogP) is 2.02. The van der Waals surface area contributed by atoms with Gasteiger partial charge < -0.3 is 9.88 Å². The lowest BCUT2D eigenvalue weighted by Gasteiger charge is -2.16. The first-order chi connectivity index (χ1) is 8.81. The van der Waals surface area contributed by atoms with Crippen LogP contribution in [0.25, 0.3) is 0 Å². The summed E-state index contributed by atoms with van der Waals surface area (Å²) in [7, 11) is 1.95. The van der Waals surface area contributed by atoms with Crippen LogP contribution in [0.3, 0.4) is 0 Å². The van der Waals surface area contributed by atoms with Gasteiger partial charge in [0, 0.05) is 18.9 Å². The minimum Gasteiger partial charge on any atom is -0.333 e. The molecule has 0 aliphatic heterocycles. The van der Waals surface area contributed by atoms with Gasteiger partial charge in [-0.15, -0.1) is 5.10 Å². The second-order valence-corrected chi connectivity index (χ2v) is 4.92. The zero-order valence-corrected chi connectivity index (χ0v) is 11.9. The Balaban J connectivity index is 2.36. The molecule has 1 atom stereocenters. The molecular formula is C12H19N5S. The summed E-state index contributed by atoms with van der Waals surface area (Å²) in [6, 6.07) is 0.0847. The van der Waals surface area contributed by atoms with Crippen molar-refractivity contribution < 1.29 is 0 Å². The highest BCUT2D eigenvalue weighted by atomic mass is 32.1. The van der Waals surface area contributed by atoms with Gasteiger partial charge in [-0.3, -0.25) is 0 Å². The second-order valence-electron chi connectivity index (χ2n) is 4.14. The Hall–Kier alpha value is -1.27. The molecule has 0 fully saturated rings. The molecule has 2 rings (SSSR count). The van der Waals surface area contributed by atoms with E-state index in [0.717, 1.165) is 30.9 Å². The quantitative estimate of drug-likeness (QED) is 0.868. The Morgan fingerprint density at radius 3 is 2.94 bits per heavy atom. The SMILES string of the molecule is CCCn1ccnc1C(NC)c1snnc1CC. The first-order valence-corrected chi connectivity index (χ1v) is 7.08. The van der Waals surface area contributed by atoms with Crippen molar-refractivity contribution in [3.05, 3.63) is 28.8 Å². The summed E-state index contributed by atoms with van der Waals surface area (Å²) >= 11 is 1.45. The van der Waals surface area contributed by atoms with Gasteiger partial charge in [0.1, 0.15) is 11.9 Å². The van der Waals surface area contributed by atoms with E-state index >= 15 is 0 Å². The largest absolute Gasteiger partial charge is 0.333 e. The summed E-state index contributed by atoms with van der Waals surface area (Å²) in [5.74, 6) is 1.04. The van der Waals surface area contributed by atoms with E-state index in [2.05, 4.69) is 38.3 Å². The van der Waals surface area contributed by atoms with Crippen molar-refractivity contribution in [3.8, 4) is 0 Å². The van der Waals surface area contributed by atoms with E-state index < -0.39 is 0 Å².